The molecule has 0 spiro atoms. The molecule has 1 amide bonds. The van der Waals surface area contributed by atoms with E-state index >= 15 is 0 Å². The Morgan fingerprint density at radius 3 is 2.81 bits per heavy atom. The number of benzene rings is 1. The van der Waals surface area contributed by atoms with Crippen molar-refractivity contribution in [1.82, 2.24) is 0 Å². The highest BCUT2D eigenvalue weighted by atomic mass is 35.5. The lowest BCUT2D eigenvalue weighted by atomic mass is 10.2. The zero-order valence-electron chi connectivity index (χ0n) is 14.9. The van der Waals surface area contributed by atoms with Crippen molar-refractivity contribution in [3.63, 3.8) is 0 Å². The molecule has 27 heavy (non-hydrogen) atoms. The summed E-state index contributed by atoms with van der Waals surface area (Å²) in [7, 11) is 1.58. The predicted molar refractivity (Wildman–Crippen MR) is 115 cm³/mol. The van der Waals surface area contributed by atoms with Gasteiger partial charge in [0.15, 0.2) is 5.17 Å². The van der Waals surface area contributed by atoms with E-state index in [9.17, 15) is 4.79 Å². The number of rotatable bonds is 4. The van der Waals surface area contributed by atoms with Crippen molar-refractivity contribution in [3.05, 3.63) is 51.3 Å². The third-order valence-electron chi connectivity index (χ3n) is 4.62. The van der Waals surface area contributed by atoms with Crippen LogP contribution < -0.4 is 9.64 Å². The first-order valence-electron chi connectivity index (χ1n) is 8.84. The molecule has 0 bridgehead atoms. The summed E-state index contributed by atoms with van der Waals surface area (Å²) < 4.78 is 5.23. The van der Waals surface area contributed by atoms with Crippen molar-refractivity contribution in [1.29, 1.82) is 0 Å². The molecule has 0 radical (unpaired) electrons. The fraction of sp³-hybridized carbons (Fsp3) is 0.300. The Morgan fingerprint density at radius 2 is 2.15 bits per heavy atom. The predicted octanol–water partition coefficient (Wildman–Crippen LogP) is 5.83. The second-order valence-corrected chi connectivity index (χ2v) is 9.08. The highest BCUT2D eigenvalue weighted by Gasteiger charge is 2.34. The van der Waals surface area contributed by atoms with Crippen molar-refractivity contribution in [2.24, 2.45) is 4.99 Å². The number of hydrogen-bond donors (Lipinski definition) is 0. The Morgan fingerprint density at radius 1 is 1.33 bits per heavy atom. The smallest absolute Gasteiger partial charge is 0.283 e. The fourth-order valence-corrected chi connectivity index (χ4v) is 5.48. The van der Waals surface area contributed by atoms with Crippen LogP contribution in [-0.4, -0.2) is 23.4 Å². The lowest BCUT2D eigenvalue weighted by Gasteiger charge is -2.20. The van der Waals surface area contributed by atoms with Crippen molar-refractivity contribution >= 4 is 57.5 Å². The van der Waals surface area contributed by atoms with Gasteiger partial charge in [0.1, 0.15) is 11.4 Å². The van der Waals surface area contributed by atoms with Gasteiger partial charge < -0.3 is 4.74 Å². The lowest BCUT2D eigenvalue weighted by Crippen LogP contribution is -2.31. The number of thiophene rings is 1. The van der Waals surface area contributed by atoms with Gasteiger partial charge in [0.25, 0.3) is 5.91 Å². The highest BCUT2D eigenvalue weighted by Crippen LogP contribution is 2.38. The first-order chi connectivity index (χ1) is 13.2. The fourth-order valence-electron chi connectivity index (χ4n) is 3.26. The normalized spacial score (nSPS) is 19.2. The molecule has 7 heteroatoms. The van der Waals surface area contributed by atoms with Crippen LogP contribution >= 0.6 is 34.7 Å². The van der Waals surface area contributed by atoms with Crippen LogP contribution in [0.2, 0.25) is 5.02 Å². The van der Waals surface area contributed by atoms with E-state index in [0.29, 0.717) is 27.4 Å². The largest absolute Gasteiger partial charge is 0.495 e. The maximum atomic E-state index is 13.1. The van der Waals surface area contributed by atoms with Gasteiger partial charge in [-0.3, -0.25) is 9.69 Å². The first kappa shape index (κ1) is 18.6. The molecule has 0 atom stereocenters. The number of amidine groups is 1. The van der Waals surface area contributed by atoms with Crippen molar-refractivity contribution in [2.75, 3.05) is 12.0 Å². The zero-order valence-corrected chi connectivity index (χ0v) is 17.2. The van der Waals surface area contributed by atoms with Gasteiger partial charge in [-0.25, -0.2) is 4.99 Å². The molecule has 140 valence electrons. The Kier molecular flexibility index (Phi) is 5.57. The monoisotopic (exact) mass is 418 g/mol. The zero-order chi connectivity index (χ0) is 18.8. The SMILES string of the molecule is COc1ccc(N2C(=O)/C(=C/c3cccs3)N=C2SC2CCCC2)cc1Cl. The van der Waals surface area contributed by atoms with E-state index in [2.05, 4.69) is 4.99 Å². The number of methoxy groups -OCH3 is 1. The van der Waals surface area contributed by atoms with Crippen molar-refractivity contribution in [3.8, 4) is 5.75 Å². The molecule has 2 aromatic rings. The van der Waals surface area contributed by atoms with Gasteiger partial charge in [-0.05, 0) is 48.6 Å². The van der Waals surface area contributed by atoms with Gasteiger partial charge >= 0.3 is 0 Å². The van der Waals surface area contributed by atoms with Gasteiger partial charge in [-0.15, -0.1) is 11.3 Å². The van der Waals surface area contributed by atoms with Gasteiger partial charge in [-0.1, -0.05) is 42.3 Å². The highest BCUT2D eigenvalue weighted by molar-refractivity contribution is 8.14. The molecule has 1 aliphatic carbocycles. The number of carbonyl (C=O) groups excluding carboxylic acids is 1. The summed E-state index contributed by atoms with van der Waals surface area (Å²) in [6.45, 7) is 0. The van der Waals surface area contributed by atoms with E-state index < -0.39 is 0 Å². The van der Waals surface area contributed by atoms with Crippen LogP contribution in [0.25, 0.3) is 6.08 Å². The minimum Gasteiger partial charge on any atom is -0.495 e. The van der Waals surface area contributed by atoms with Gasteiger partial charge in [0.05, 0.1) is 17.8 Å². The summed E-state index contributed by atoms with van der Waals surface area (Å²) in [5, 5.41) is 3.71. The number of amides is 1. The van der Waals surface area contributed by atoms with Crippen LogP contribution in [-0.2, 0) is 4.79 Å². The van der Waals surface area contributed by atoms with Crippen molar-refractivity contribution in [2.45, 2.75) is 30.9 Å². The van der Waals surface area contributed by atoms with Crippen LogP contribution in [0.5, 0.6) is 5.75 Å². The Bertz CT molecular complexity index is 903. The van der Waals surface area contributed by atoms with E-state index in [0.717, 1.165) is 10.0 Å². The third kappa shape index (κ3) is 3.93. The molecule has 1 aromatic heterocycles. The second-order valence-electron chi connectivity index (χ2n) is 6.42. The van der Waals surface area contributed by atoms with Crippen LogP contribution in [0.15, 0.2) is 46.4 Å². The maximum absolute atomic E-state index is 13.1. The summed E-state index contributed by atoms with van der Waals surface area (Å²) in [6.07, 6.45) is 6.67. The summed E-state index contributed by atoms with van der Waals surface area (Å²) in [6, 6.07) is 9.34. The average molecular weight is 419 g/mol. The van der Waals surface area contributed by atoms with Crippen molar-refractivity contribution < 1.29 is 9.53 Å². The van der Waals surface area contributed by atoms with E-state index in [1.807, 2.05) is 29.7 Å². The average Bonchev–Trinajstić information content (AvgIpc) is 3.39. The summed E-state index contributed by atoms with van der Waals surface area (Å²) in [4.78, 5) is 20.5. The number of nitrogens with zero attached hydrogens (tertiary/aromatic N) is 2. The number of halogens is 1. The van der Waals surface area contributed by atoms with Gasteiger partial charge in [0.2, 0.25) is 0 Å². The molecule has 1 aliphatic heterocycles. The molecule has 1 fully saturated rings. The number of anilines is 1. The molecule has 4 nitrogen and oxygen atoms in total. The van der Waals surface area contributed by atoms with E-state index in [4.69, 9.17) is 16.3 Å². The molecule has 2 aliphatic rings. The molecule has 0 unspecified atom stereocenters. The minimum absolute atomic E-state index is 0.120. The standard InChI is InChI=1S/C20H19ClN2O2S2/c1-25-18-9-8-13(11-16(18)21)23-19(24)17(12-15-7-4-10-26-15)22-20(23)27-14-5-2-3-6-14/h4,7-12,14H,2-3,5-6H2,1H3/b17-12-. The third-order valence-corrected chi connectivity index (χ3v) is 7.02. The summed E-state index contributed by atoms with van der Waals surface area (Å²) in [5.74, 6) is 0.466. The molecule has 4 rings (SSSR count). The van der Waals surface area contributed by atoms with Gasteiger partial charge in [-0.2, -0.15) is 0 Å². The quantitative estimate of drug-likeness (QED) is 0.586. The van der Waals surface area contributed by atoms with Crippen LogP contribution in [0.3, 0.4) is 0 Å². The molecule has 0 saturated heterocycles. The number of thioether (sulfide) groups is 1. The first-order valence-corrected chi connectivity index (χ1v) is 11.0. The van der Waals surface area contributed by atoms with Crippen LogP contribution in [0.4, 0.5) is 5.69 Å². The minimum atomic E-state index is -0.120. The number of carbonyl (C=O) groups is 1. The van der Waals surface area contributed by atoms with E-state index in [1.54, 1.807) is 47.2 Å². The Labute approximate surface area is 171 Å². The number of ether oxygens (including phenoxy) is 1. The molecule has 1 saturated carbocycles. The van der Waals surface area contributed by atoms with Gasteiger partial charge in [0, 0.05) is 10.1 Å². The molecular weight excluding hydrogens is 400 g/mol. The maximum Gasteiger partial charge on any atom is 0.283 e. The molecule has 1 aromatic carbocycles. The van der Waals surface area contributed by atoms with E-state index in [-0.39, 0.29) is 5.91 Å². The number of aliphatic imine (C=N–C) groups is 1. The molecule has 2 heterocycles. The van der Waals surface area contributed by atoms with Crippen LogP contribution in [0, 0.1) is 0 Å². The van der Waals surface area contributed by atoms with E-state index in [1.165, 1.54) is 25.7 Å². The molecule has 0 N–H and O–H groups in total. The summed E-state index contributed by atoms with van der Waals surface area (Å²) >= 11 is 9.59. The number of hydrogen-bond acceptors (Lipinski definition) is 5. The summed E-state index contributed by atoms with van der Waals surface area (Å²) in [5.41, 5.74) is 1.18. The lowest BCUT2D eigenvalue weighted by molar-refractivity contribution is -0.113. The topological polar surface area (TPSA) is 41.9 Å². The van der Waals surface area contributed by atoms with Crippen LogP contribution in [0.1, 0.15) is 30.6 Å². The second kappa shape index (κ2) is 8.09. The Hall–Kier alpha value is -1.76. The molecular formula is C20H19ClN2O2S2. The Balaban J connectivity index is 1.69.